The van der Waals surface area contributed by atoms with Crippen LogP contribution in [0.4, 0.5) is 5.82 Å². The van der Waals surface area contributed by atoms with Gasteiger partial charge in [0.05, 0.1) is 22.5 Å². The van der Waals surface area contributed by atoms with Gasteiger partial charge in [0.15, 0.2) is 5.65 Å². The third kappa shape index (κ3) is 5.52. The molecule has 0 saturated carbocycles. The molecule has 1 saturated heterocycles. The molecule has 5 rings (SSSR count). The molecule has 4 aromatic rings. The lowest BCUT2D eigenvalue weighted by Gasteiger charge is -2.24. The van der Waals surface area contributed by atoms with Gasteiger partial charge in [0.2, 0.25) is 10.0 Å². The first-order valence-electron chi connectivity index (χ1n) is 13.0. The molecule has 2 aromatic carbocycles. The summed E-state index contributed by atoms with van der Waals surface area (Å²) < 4.78 is 29.3. The largest absolute Gasteiger partial charge is 0.355 e. The Morgan fingerprint density at radius 2 is 1.62 bits per heavy atom. The van der Waals surface area contributed by atoms with Crippen LogP contribution in [0.25, 0.3) is 16.7 Å². The number of rotatable bonds is 8. The van der Waals surface area contributed by atoms with E-state index in [1.807, 2.05) is 67.1 Å². The third-order valence-corrected chi connectivity index (χ3v) is 8.80. The highest BCUT2D eigenvalue weighted by atomic mass is 32.2. The van der Waals surface area contributed by atoms with E-state index in [-0.39, 0.29) is 5.75 Å². The Labute approximate surface area is 219 Å². The van der Waals surface area contributed by atoms with E-state index in [9.17, 15) is 8.42 Å². The molecule has 0 bridgehead atoms. The first-order valence-corrected chi connectivity index (χ1v) is 14.7. The summed E-state index contributed by atoms with van der Waals surface area (Å²) in [5.74, 6) is 1.77. The number of fused-ring (bicyclic) bond motifs is 1. The maximum atomic E-state index is 12.9. The van der Waals surface area contributed by atoms with Crippen LogP contribution in [0.3, 0.4) is 0 Å². The monoisotopic (exact) mass is 518 g/mol. The first kappa shape index (κ1) is 25.4. The van der Waals surface area contributed by atoms with Crippen molar-refractivity contribution in [3.63, 3.8) is 0 Å². The molecule has 0 N–H and O–H groups in total. The van der Waals surface area contributed by atoms with Crippen molar-refractivity contribution in [2.75, 3.05) is 36.8 Å². The standard InChI is InChI=1S/C28H34N6O2S/c1-3-4-20-37(35,36)33-17-11-16-32(18-19-33)27-26-22(2)31-34(24-14-9-6-10-15-24)28(26)30-25(29-27)21-23-12-7-5-8-13-23/h5-10,12-15H,3-4,11,16-21H2,1-2H3. The minimum atomic E-state index is -3.25. The molecule has 0 spiro atoms. The lowest BCUT2D eigenvalue weighted by Crippen LogP contribution is -2.36. The van der Waals surface area contributed by atoms with Crippen LogP contribution in [-0.2, 0) is 16.4 Å². The zero-order chi connectivity index (χ0) is 25.8. The molecule has 1 fully saturated rings. The lowest BCUT2D eigenvalue weighted by atomic mass is 10.1. The summed E-state index contributed by atoms with van der Waals surface area (Å²) in [7, 11) is -3.25. The van der Waals surface area contributed by atoms with Crippen molar-refractivity contribution < 1.29 is 8.42 Å². The van der Waals surface area contributed by atoms with E-state index in [2.05, 4.69) is 17.0 Å². The molecule has 0 aliphatic carbocycles. The van der Waals surface area contributed by atoms with Crippen molar-refractivity contribution in [2.45, 2.75) is 39.5 Å². The quantitative estimate of drug-likeness (QED) is 0.345. The average Bonchev–Trinajstić information content (AvgIpc) is 3.07. The number of hydrogen-bond donors (Lipinski definition) is 0. The highest BCUT2D eigenvalue weighted by molar-refractivity contribution is 7.89. The molecule has 37 heavy (non-hydrogen) atoms. The number of unbranched alkanes of at least 4 members (excludes halogenated alkanes) is 1. The van der Waals surface area contributed by atoms with Gasteiger partial charge in [-0.2, -0.15) is 5.10 Å². The number of aryl methyl sites for hydroxylation is 1. The van der Waals surface area contributed by atoms with Crippen LogP contribution in [0.5, 0.6) is 0 Å². The number of aromatic nitrogens is 4. The van der Waals surface area contributed by atoms with E-state index in [1.165, 1.54) is 0 Å². The molecule has 2 aromatic heterocycles. The van der Waals surface area contributed by atoms with Crippen LogP contribution in [0, 0.1) is 6.92 Å². The molecule has 0 amide bonds. The molecule has 1 aliphatic heterocycles. The number of benzene rings is 2. The maximum absolute atomic E-state index is 12.9. The summed E-state index contributed by atoms with van der Waals surface area (Å²) in [6.45, 7) is 6.31. The van der Waals surface area contributed by atoms with E-state index in [1.54, 1.807) is 4.31 Å². The molecule has 0 unspecified atom stereocenters. The van der Waals surface area contributed by atoms with Crippen LogP contribution in [-0.4, -0.2) is 64.4 Å². The zero-order valence-corrected chi connectivity index (χ0v) is 22.4. The van der Waals surface area contributed by atoms with E-state index in [0.29, 0.717) is 32.5 Å². The van der Waals surface area contributed by atoms with Crippen LogP contribution < -0.4 is 4.90 Å². The van der Waals surface area contributed by atoms with Gasteiger partial charge in [-0.25, -0.2) is 27.4 Å². The number of nitrogens with zero attached hydrogens (tertiary/aromatic N) is 6. The molecule has 1 aliphatic rings. The van der Waals surface area contributed by atoms with E-state index >= 15 is 0 Å². The Balaban J connectivity index is 1.55. The maximum Gasteiger partial charge on any atom is 0.214 e. The predicted octanol–water partition coefficient (Wildman–Crippen LogP) is 4.36. The number of sulfonamides is 1. The number of hydrogen-bond acceptors (Lipinski definition) is 6. The molecule has 0 atom stereocenters. The minimum absolute atomic E-state index is 0.214. The second-order valence-electron chi connectivity index (χ2n) is 9.57. The van der Waals surface area contributed by atoms with Crippen molar-refractivity contribution in [1.29, 1.82) is 0 Å². The van der Waals surface area contributed by atoms with Crippen molar-refractivity contribution in [1.82, 2.24) is 24.1 Å². The van der Waals surface area contributed by atoms with Crippen LogP contribution >= 0.6 is 0 Å². The van der Waals surface area contributed by atoms with Gasteiger partial charge in [-0.05, 0) is 37.5 Å². The van der Waals surface area contributed by atoms with Gasteiger partial charge < -0.3 is 4.90 Å². The fourth-order valence-electron chi connectivity index (χ4n) is 4.88. The molecule has 8 nitrogen and oxygen atoms in total. The van der Waals surface area contributed by atoms with Gasteiger partial charge in [0.25, 0.3) is 0 Å². The Kier molecular flexibility index (Phi) is 7.53. The van der Waals surface area contributed by atoms with Crippen LogP contribution in [0.15, 0.2) is 60.7 Å². The first-order chi connectivity index (χ1) is 18.0. The van der Waals surface area contributed by atoms with E-state index < -0.39 is 10.0 Å². The molecular formula is C28H34N6O2S. The topological polar surface area (TPSA) is 84.2 Å². The molecule has 3 heterocycles. The Morgan fingerprint density at radius 3 is 2.35 bits per heavy atom. The number of anilines is 1. The second-order valence-corrected chi connectivity index (χ2v) is 11.7. The summed E-state index contributed by atoms with van der Waals surface area (Å²) in [5, 5.41) is 5.78. The van der Waals surface area contributed by atoms with Crippen molar-refractivity contribution >= 4 is 26.9 Å². The Morgan fingerprint density at radius 1 is 0.892 bits per heavy atom. The van der Waals surface area contributed by atoms with E-state index in [4.69, 9.17) is 15.1 Å². The normalized spacial score (nSPS) is 15.2. The Hall–Kier alpha value is -3.30. The van der Waals surface area contributed by atoms with Crippen molar-refractivity contribution in [3.8, 4) is 5.69 Å². The summed E-state index contributed by atoms with van der Waals surface area (Å²) in [5.41, 5.74) is 3.72. The summed E-state index contributed by atoms with van der Waals surface area (Å²) in [6.07, 6.45) is 2.91. The van der Waals surface area contributed by atoms with Gasteiger partial charge in [-0.1, -0.05) is 61.9 Å². The zero-order valence-electron chi connectivity index (χ0n) is 21.5. The molecule has 194 valence electrons. The van der Waals surface area contributed by atoms with Crippen molar-refractivity contribution in [3.05, 3.63) is 77.7 Å². The summed E-state index contributed by atoms with van der Waals surface area (Å²) in [6, 6.07) is 20.2. The van der Waals surface area contributed by atoms with Crippen molar-refractivity contribution in [2.24, 2.45) is 0 Å². The smallest absolute Gasteiger partial charge is 0.214 e. The summed E-state index contributed by atoms with van der Waals surface area (Å²) in [4.78, 5) is 12.3. The molecular weight excluding hydrogens is 484 g/mol. The van der Waals surface area contributed by atoms with Gasteiger partial charge >= 0.3 is 0 Å². The lowest BCUT2D eigenvalue weighted by molar-refractivity contribution is 0.432. The predicted molar refractivity (Wildman–Crippen MR) is 148 cm³/mol. The molecule has 9 heteroatoms. The van der Waals surface area contributed by atoms with Gasteiger partial charge in [0.1, 0.15) is 11.6 Å². The fourth-order valence-corrected chi connectivity index (χ4v) is 6.56. The highest BCUT2D eigenvalue weighted by Crippen LogP contribution is 2.30. The van der Waals surface area contributed by atoms with Gasteiger partial charge in [0, 0.05) is 32.6 Å². The third-order valence-electron chi connectivity index (χ3n) is 6.84. The van der Waals surface area contributed by atoms with Crippen LogP contribution in [0.1, 0.15) is 43.3 Å². The van der Waals surface area contributed by atoms with Gasteiger partial charge in [-0.3, -0.25) is 0 Å². The Bertz CT molecular complexity index is 1450. The van der Waals surface area contributed by atoms with Gasteiger partial charge in [-0.15, -0.1) is 0 Å². The average molecular weight is 519 g/mol. The highest BCUT2D eigenvalue weighted by Gasteiger charge is 2.27. The SMILES string of the molecule is CCCCS(=O)(=O)N1CCCN(c2nc(Cc3ccccc3)nc3c2c(C)nn3-c2ccccc2)CC1. The fraction of sp³-hybridized carbons (Fsp3) is 0.393. The summed E-state index contributed by atoms with van der Waals surface area (Å²) >= 11 is 0. The van der Waals surface area contributed by atoms with Crippen LogP contribution in [0.2, 0.25) is 0 Å². The molecule has 0 radical (unpaired) electrons. The second kappa shape index (κ2) is 11.0. The minimum Gasteiger partial charge on any atom is -0.355 e. The van der Waals surface area contributed by atoms with E-state index in [0.717, 1.165) is 59.0 Å². The number of para-hydroxylation sites is 1.